The summed E-state index contributed by atoms with van der Waals surface area (Å²) in [4.78, 5) is 0. The average Bonchev–Trinajstić information content (AvgIpc) is 2.30. The van der Waals surface area contributed by atoms with Gasteiger partial charge in [-0.25, -0.2) is 0 Å². The number of rotatable bonds is 5. The summed E-state index contributed by atoms with van der Waals surface area (Å²) in [6.07, 6.45) is 0. The second kappa shape index (κ2) is 5.85. The molecule has 4 heteroatoms. The van der Waals surface area contributed by atoms with Crippen LogP contribution in [0, 0.1) is 5.41 Å². The minimum atomic E-state index is -0.382. The first-order valence-corrected chi connectivity index (χ1v) is 6.50. The number of ether oxygens (including phenoxy) is 1. The van der Waals surface area contributed by atoms with Crippen molar-refractivity contribution in [3.05, 3.63) is 28.2 Å². The molecule has 1 aromatic rings. The van der Waals surface area contributed by atoms with E-state index >= 15 is 0 Å². The van der Waals surface area contributed by atoms with Crippen LogP contribution < -0.4 is 10.5 Å². The van der Waals surface area contributed by atoms with Crippen molar-refractivity contribution < 1.29 is 9.84 Å². The lowest BCUT2D eigenvalue weighted by atomic mass is 9.81. The van der Waals surface area contributed by atoms with Crippen molar-refractivity contribution in [1.29, 1.82) is 0 Å². The Bertz CT molecular complexity index is 380. The molecule has 0 aliphatic carbocycles. The molecule has 0 spiro atoms. The quantitative estimate of drug-likeness (QED) is 0.879. The molecule has 3 nitrogen and oxygen atoms in total. The Kier molecular flexibility index (Phi) is 4.98. The average molecular weight is 302 g/mol. The first-order chi connectivity index (χ1) is 7.92. The predicted octanol–water partition coefficient (Wildman–Crippen LogP) is 2.87. The third-order valence-corrected chi connectivity index (χ3v) is 3.35. The zero-order valence-electron chi connectivity index (χ0n) is 10.5. The minimum Gasteiger partial charge on any atom is -0.494 e. The summed E-state index contributed by atoms with van der Waals surface area (Å²) in [7, 11) is 0. The van der Waals surface area contributed by atoms with Crippen LogP contribution in [0.2, 0.25) is 0 Å². The van der Waals surface area contributed by atoms with E-state index in [0.29, 0.717) is 6.61 Å². The summed E-state index contributed by atoms with van der Waals surface area (Å²) >= 11 is 3.43. The number of halogens is 1. The van der Waals surface area contributed by atoms with Crippen molar-refractivity contribution in [3.63, 3.8) is 0 Å². The standard InChI is InChI=1S/C13H20BrNO2/c1-4-17-11-6-5-9(14)7-10(11)12(15)13(2,3)8-16/h5-7,12,16H,4,8,15H2,1-3H3/t12-/m1/s1. The lowest BCUT2D eigenvalue weighted by Gasteiger charge is -2.31. The highest BCUT2D eigenvalue weighted by molar-refractivity contribution is 9.10. The molecule has 0 saturated heterocycles. The molecule has 1 rings (SSSR count). The fourth-order valence-corrected chi connectivity index (χ4v) is 1.95. The Morgan fingerprint density at radius 2 is 2.12 bits per heavy atom. The summed E-state index contributed by atoms with van der Waals surface area (Å²) in [5.74, 6) is 0.782. The van der Waals surface area contributed by atoms with Gasteiger partial charge in [-0.1, -0.05) is 29.8 Å². The van der Waals surface area contributed by atoms with E-state index in [1.807, 2.05) is 39.0 Å². The summed E-state index contributed by atoms with van der Waals surface area (Å²) in [5.41, 5.74) is 6.76. The van der Waals surface area contributed by atoms with Gasteiger partial charge in [0.25, 0.3) is 0 Å². The zero-order chi connectivity index (χ0) is 13.1. The van der Waals surface area contributed by atoms with Gasteiger partial charge in [-0.2, -0.15) is 0 Å². The molecule has 1 atom stereocenters. The van der Waals surface area contributed by atoms with E-state index < -0.39 is 0 Å². The van der Waals surface area contributed by atoms with E-state index in [2.05, 4.69) is 15.9 Å². The Labute approximate surface area is 111 Å². The van der Waals surface area contributed by atoms with Gasteiger partial charge in [0.2, 0.25) is 0 Å². The van der Waals surface area contributed by atoms with Gasteiger partial charge in [-0.05, 0) is 25.1 Å². The molecule has 0 amide bonds. The highest BCUT2D eigenvalue weighted by atomic mass is 79.9. The van der Waals surface area contributed by atoms with Crippen molar-refractivity contribution in [2.75, 3.05) is 13.2 Å². The Hall–Kier alpha value is -0.580. The second-order valence-corrected chi connectivity index (χ2v) is 5.66. The summed E-state index contributed by atoms with van der Waals surface area (Å²) in [5, 5.41) is 9.38. The van der Waals surface area contributed by atoms with E-state index in [4.69, 9.17) is 10.5 Å². The summed E-state index contributed by atoms with van der Waals surface area (Å²) in [6, 6.07) is 5.50. The first-order valence-electron chi connectivity index (χ1n) is 5.71. The predicted molar refractivity (Wildman–Crippen MR) is 73.1 cm³/mol. The van der Waals surface area contributed by atoms with Crippen molar-refractivity contribution in [2.24, 2.45) is 11.1 Å². The van der Waals surface area contributed by atoms with Crippen molar-refractivity contribution >= 4 is 15.9 Å². The maximum atomic E-state index is 9.38. The number of nitrogens with two attached hydrogens (primary N) is 1. The molecule has 0 bridgehead atoms. The number of aliphatic hydroxyl groups excluding tert-OH is 1. The Morgan fingerprint density at radius 1 is 1.47 bits per heavy atom. The lowest BCUT2D eigenvalue weighted by molar-refractivity contribution is 0.130. The van der Waals surface area contributed by atoms with Crippen molar-refractivity contribution in [3.8, 4) is 5.75 Å². The third-order valence-electron chi connectivity index (χ3n) is 2.86. The maximum Gasteiger partial charge on any atom is 0.124 e. The van der Waals surface area contributed by atoms with E-state index in [-0.39, 0.29) is 18.1 Å². The van der Waals surface area contributed by atoms with Crippen LogP contribution in [0.25, 0.3) is 0 Å². The molecule has 0 fully saturated rings. The number of benzene rings is 1. The van der Waals surface area contributed by atoms with Crippen LogP contribution in [0.15, 0.2) is 22.7 Å². The van der Waals surface area contributed by atoms with E-state index in [0.717, 1.165) is 15.8 Å². The molecule has 0 unspecified atom stereocenters. The summed E-state index contributed by atoms with van der Waals surface area (Å²) < 4.78 is 6.53. The molecule has 1 aromatic carbocycles. The fraction of sp³-hybridized carbons (Fsp3) is 0.538. The van der Waals surface area contributed by atoms with Crippen molar-refractivity contribution in [2.45, 2.75) is 26.8 Å². The van der Waals surface area contributed by atoms with Crippen LogP contribution in [0.4, 0.5) is 0 Å². The van der Waals surface area contributed by atoms with Crippen LogP contribution in [0.1, 0.15) is 32.4 Å². The Balaban J connectivity index is 3.14. The largest absolute Gasteiger partial charge is 0.494 e. The maximum absolute atomic E-state index is 9.38. The van der Waals surface area contributed by atoms with Gasteiger partial charge in [0.15, 0.2) is 0 Å². The highest BCUT2D eigenvalue weighted by Crippen LogP contribution is 2.37. The van der Waals surface area contributed by atoms with Gasteiger partial charge in [-0.3, -0.25) is 0 Å². The number of aliphatic hydroxyl groups is 1. The van der Waals surface area contributed by atoms with Gasteiger partial charge in [0.1, 0.15) is 5.75 Å². The van der Waals surface area contributed by atoms with Gasteiger partial charge in [0, 0.05) is 28.1 Å². The number of hydrogen-bond donors (Lipinski definition) is 2. The topological polar surface area (TPSA) is 55.5 Å². The van der Waals surface area contributed by atoms with Crippen LogP contribution in [-0.4, -0.2) is 18.3 Å². The van der Waals surface area contributed by atoms with Crippen LogP contribution >= 0.6 is 15.9 Å². The Morgan fingerprint density at radius 3 is 2.65 bits per heavy atom. The van der Waals surface area contributed by atoms with Gasteiger partial charge in [0.05, 0.1) is 6.61 Å². The molecule has 0 aliphatic rings. The van der Waals surface area contributed by atoms with E-state index in [1.54, 1.807) is 0 Å². The lowest BCUT2D eigenvalue weighted by Crippen LogP contribution is -2.32. The van der Waals surface area contributed by atoms with Crippen molar-refractivity contribution in [1.82, 2.24) is 0 Å². The molecule has 0 aromatic heterocycles. The van der Waals surface area contributed by atoms with Crippen LogP contribution in [0.3, 0.4) is 0 Å². The third kappa shape index (κ3) is 3.44. The molecule has 17 heavy (non-hydrogen) atoms. The normalized spacial score (nSPS) is 13.5. The van der Waals surface area contributed by atoms with E-state index in [1.165, 1.54) is 0 Å². The first kappa shape index (κ1) is 14.5. The van der Waals surface area contributed by atoms with E-state index in [9.17, 15) is 5.11 Å². The van der Waals surface area contributed by atoms with Gasteiger partial charge >= 0.3 is 0 Å². The molecule has 0 saturated carbocycles. The molecule has 3 N–H and O–H groups in total. The van der Waals surface area contributed by atoms with Gasteiger partial charge < -0.3 is 15.6 Å². The van der Waals surface area contributed by atoms with Crippen LogP contribution in [-0.2, 0) is 0 Å². The molecule has 0 heterocycles. The van der Waals surface area contributed by atoms with Crippen LogP contribution in [0.5, 0.6) is 5.75 Å². The monoisotopic (exact) mass is 301 g/mol. The van der Waals surface area contributed by atoms with Gasteiger partial charge in [-0.15, -0.1) is 0 Å². The highest BCUT2D eigenvalue weighted by Gasteiger charge is 2.29. The zero-order valence-corrected chi connectivity index (χ0v) is 12.1. The second-order valence-electron chi connectivity index (χ2n) is 4.74. The summed E-state index contributed by atoms with van der Waals surface area (Å²) in [6.45, 7) is 6.45. The molecule has 0 radical (unpaired) electrons. The fourth-order valence-electron chi connectivity index (χ4n) is 1.57. The smallest absolute Gasteiger partial charge is 0.124 e. The SMILES string of the molecule is CCOc1ccc(Br)cc1[C@@H](N)C(C)(C)CO. The number of hydrogen-bond acceptors (Lipinski definition) is 3. The minimum absolute atomic E-state index is 0.0340. The molecule has 96 valence electrons. The molecule has 0 aliphatic heterocycles. The molecular weight excluding hydrogens is 282 g/mol. The molecular formula is C13H20BrNO2.